The van der Waals surface area contributed by atoms with Gasteiger partial charge in [0.2, 0.25) is 0 Å². The first kappa shape index (κ1) is 15.9. The van der Waals surface area contributed by atoms with Crippen LogP contribution < -0.4 is 5.32 Å². The normalized spacial score (nSPS) is 25.7. The first-order valence-corrected chi connectivity index (χ1v) is 9.36. The highest BCUT2D eigenvalue weighted by atomic mass is 79.9. The second kappa shape index (κ2) is 6.37. The van der Waals surface area contributed by atoms with Crippen molar-refractivity contribution in [3.8, 4) is 11.3 Å². The summed E-state index contributed by atoms with van der Waals surface area (Å²) >= 11 is 3.60. The van der Waals surface area contributed by atoms with Gasteiger partial charge in [-0.15, -0.1) is 0 Å². The largest absolute Gasteiger partial charge is 0.346 e. The Balaban J connectivity index is 1.55. The van der Waals surface area contributed by atoms with Crippen LogP contribution in [0.2, 0.25) is 0 Å². The van der Waals surface area contributed by atoms with Crippen molar-refractivity contribution in [1.82, 2.24) is 14.8 Å². The monoisotopic (exact) mass is 387 g/mol. The smallest absolute Gasteiger partial charge is 0.268 e. The Hall–Kier alpha value is -1.59. The van der Waals surface area contributed by atoms with Gasteiger partial charge in [0.25, 0.3) is 5.91 Å². The molecule has 0 aliphatic carbocycles. The molecule has 2 aromatic rings. The molecule has 0 spiro atoms. The zero-order valence-corrected chi connectivity index (χ0v) is 15.4. The summed E-state index contributed by atoms with van der Waals surface area (Å²) in [5.41, 5.74) is 2.86. The van der Waals surface area contributed by atoms with Crippen molar-refractivity contribution in [2.75, 3.05) is 19.6 Å². The van der Waals surface area contributed by atoms with Gasteiger partial charge in [-0.05, 0) is 50.0 Å². The lowest BCUT2D eigenvalue weighted by atomic mass is 9.84. The number of amides is 1. The SMILES string of the molecule is Cn1c(C(=O)N[C@H]2CN3CCC2CC3)ccc1-c1ccccc1Br. The Kier molecular flexibility index (Phi) is 4.22. The minimum absolute atomic E-state index is 0.0366. The Morgan fingerprint density at radius 3 is 2.58 bits per heavy atom. The number of nitrogens with one attached hydrogen (secondary N) is 1. The van der Waals surface area contributed by atoms with Gasteiger partial charge in [0.1, 0.15) is 5.69 Å². The van der Waals surface area contributed by atoms with Crippen LogP contribution in [0.5, 0.6) is 0 Å². The number of aromatic nitrogens is 1. The number of carbonyl (C=O) groups excluding carboxylic acids is 1. The van der Waals surface area contributed by atoms with Crippen LogP contribution in [-0.2, 0) is 7.05 Å². The highest BCUT2D eigenvalue weighted by molar-refractivity contribution is 9.10. The number of nitrogens with zero attached hydrogens (tertiary/aromatic N) is 2. The van der Waals surface area contributed by atoms with Gasteiger partial charge in [0, 0.05) is 35.4 Å². The van der Waals surface area contributed by atoms with Crippen molar-refractivity contribution in [2.45, 2.75) is 18.9 Å². The van der Waals surface area contributed by atoms with Gasteiger partial charge in [-0.1, -0.05) is 34.1 Å². The molecule has 0 unspecified atom stereocenters. The van der Waals surface area contributed by atoms with E-state index in [1.54, 1.807) is 0 Å². The number of hydrogen-bond donors (Lipinski definition) is 1. The lowest BCUT2D eigenvalue weighted by Crippen LogP contribution is -2.57. The number of halogens is 1. The molecule has 3 saturated heterocycles. The molecule has 1 atom stereocenters. The molecule has 5 heteroatoms. The summed E-state index contributed by atoms with van der Waals surface area (Å²) in [5, 5.41) is 3.27. The van der Waals surface area contributed by atoms with Gasteiger partial charge < -0.3 is 14.8 Å². The van der Waals surface area contributed by atoms with Gasteiger partial charge in [-0.3, -0.25) is 4.79 Å². The van der Waals surface area contributed by atoms with Crippen LogP contribution >= 0.6 is 15.9 Å². The van der Waals surface area contributed by atoms with E-state index in [0.29, 0.717) is 12.0 Å². The molecule has 4 heterocycles. The lowest BCUT2D eigenvalue weighted by Gasteiger charge is -2.44. The molecule has 1 aromatic heterocycles. The summed E-state index contributed by atoms with van der Waals surface area (Å²) in [6, 6.07) is 12.3. The summed E-state index contributed by atoms with van der Waals surface area (Å²) in [4.78, 5) is 15.2. The van der Waals surface area contributed by atoms with E-state index in [0.717, 1.165) is 28.0 Å². The van der Waals surface area contributed by atoms with Gasteiger partial charge in [0.05, 0.1) is 0 Å². The fourth-order valence-electron chi connectivity index (χ4n) is 4.05. The third kappa shape index (κ3) is 2.80. The molecule has 1 N–H and O–H groups in total. The quantitative estimate of drug-likeness (QED) is 0.877. The topological polar surface area (TPSA) is 37.3 Å². The van der Waals surface area contributed by atoms with Crippen LogP contribution in [0.15, 0.2) is 40.9 Å². The van der Waals surface area contributed by atoms with Crippen molar-refractivity contribution < 1.29 is 4.79 Å². The van der Waals surface area contributed by atoms with Gasteiger partial charge in [-0.25, -0.2) is 0 Å². The lowest BCUT2D eigenvalue weighted by molar-refractivity contribution is 0.0616. The van der Waals surface area contributed by atoms with E-state index in [-0.39, 0.29) is 5.91 Å². The molecule has 126 valence electrons. The summed E-state index contributed by atoms with van der Waals surface area (Å²) in [6.07, 6.45) is 2.42. The Bertz CT molecular complexity index is 762. The summed E-state index contributed by atoms with van der Waals surface area (Å²) in [7, 11) is 1.96. The number of rotatable bonds is 3. The third-order valence-corrected chi connectivity index (χ3v) is 6.17. The summed E-state index contributed by atoms with van der Waals surface area (Å²) in [6.45, 7) is 3.37. The van der Waals surface area contributed by atoms with E-state index in [4.69, 9.17) is 0 Å². The molecule has 4 nitrogen and oxygen atoms in total. The highest BCUT2D eigenvalue weighted by Crippen LogP contribution is 2.30. The Labute approximate surface area is 151 Å². The number of hydrogen-bond acceptors (Lipinski definition) is 2. The van der Waals surface area contributed by atoms with Crippen LogP contribution in [0, 0.1) is 5.92 Å². The Morgan fingerprint density at radius 2 is 1.92 bits per heavy atom. The van der Waals surface area contributed by atoms with Crippen molar-refractivity contribution in [1.29, 1.82) is 0 Å². The van der Waals surface area contributed by atoms with Crippen LogP contribution in [0.3, 0.4) is 0 Å². The predicted octanol–water partition coefficient (Wildman–Crippen LogP) is 3.28. The van der Waals surface area contributed by atoms with Gasteiger partial charge in [-0.2, -0.15) is 0 Å². The molecule has 0 radical (unpaired) electrons. The molecule has 3 aliphatic heterocycles. The zero-order chi connectivity index (χ0) is 16.7. The standard InChI is InChI=1S/C19H22BrN3O/c1-22-17(14-4-2-3-5-15(14)20)6-7-18(22)19(24)21-16-12-23-10-8-13(16)9-11-23/h2-7,13,16H,8-12H2,1H3,(H,21,24)/t16-/m0/s1. The molecule has 24 heavy (non-hydrogen) atoms. The molecule has 1 aromatic carbocycles. The number of piperidine rings is 3. The van der Waals surface area contributed by atoms with Crippen LogP contribution in [0.25, 0.3) is 11.3 Å². The van der Waals surface area contributed by atoms with E-state index in [9.17, 15) is 4.79 Å². The van der Waals surface area contributed by atoms with E-state index in [1.165, 1.54) is 25.9 Å². The van der Waals surface area contributed by atoms with Crippen LogP contribution in [0.1, 0.15) is 23.3 Å². The van der Waals surface area contributed by atoms with Crippen molar-refractivity contribution in [3.63, 3.8) is 0 Å². The molecule has 1 amide bonds. The minimum atomic E-state index is 0.0366. The third-order valence-electron chi connectivity index (χ3n) is 5.48. The van der Waals surface area contributed by atoms with Crippen molar-refractivity contribution >= 4 is 21.8 Å². The number of benzene rings is 1. The maximum absolute atomic E-state index is 12.8. The molecule has 3 fully saturated rings. The maximum Gasteiger partial charge on any atom is 0.268 e. The molecule has 0 saturated carbocycles. The molecular formula is C19H22BrN3O. The van der Waals surface area contributed by atoms with Crippen LogP contribution in [-0.4, -0.2) is 41.1 Å². The van der Waals surface area contributed by atoms with Gasteiger partial charge >= 0.3 is 0 Å². The van der Waals surface area contributed by atoms with E-state index < -0.39 is 0 Å². The van der Waals surface area contributed by atoms with Crippen molar-refractivity contribution in [2.24, 2.45) is 13.0 Å². The highest BCUT2D eigenvalue weighted by Gasteiger charge is 2.35. The first-order valence-electron chi connectivity index (χ1n) is 8.57. The zero-order valence-electron chi connectivity index (χ0n) is 13.8. The fraction of sp³-hybridized carbons (Fsp3) is 0.421. The summed E-state index contributed by atoms with van der Waals surface area (Å²) in [5.74, 6) is 0.677. The van der Waals surface area contributed by atoms with Crippen molar-refractivity contribution in [3.05, 3.63) is 46.6 Å². The Morgan fingerprint density at radius 1 is 1.17 bits per heavy atom. The predicted molar refractivity (Wildman–Crippen MR) is 99.0 cm³/mol. The molecule has 5 rings (SSSR count). The maximum atomic E-state index is 12.8. The average Bonchev–Trinajstić information content (AvgIpc) is 2.98. The second-order valence-corrected chi connectivity index (χ2v) is 7.72. The molecule has 3 aliphatic rings. The summed E-state index contributed by atoms with van der Waals surface area (Å²) < 4.78 is 3.02. The minimum Gasteiger partial charge on any atom is -0.346 e. The number of fused-ring (bicyclic) bond motifs is 3. The first-order chi connectivity index (χ1) is 11.6. The average molecular weight is 388 g/mol. The van der Waals surface area contributed by atoms with Gasteiger partial charge in [0.15, 0.2) is 0 Å². The molecular weight excluding hydrogens is 366 g/mol. The van der Waals surface area contributed by atoms with E-state index in [2.05, 4.69) is 32.2 Å². The van der Waals surface area contributed by atoms with E-state index >= 15 is 0 Å². The number of carbonyl (C=O) groups is 1. The molecule has 2 bridgehead atoms. The second-order valence-electron chi connectivity index (χ2n) is 6.86. The van der Waals surface area contributed by atoms with E-state index in [1.807, 2.05) is 41.9 Å². The van der Waals surface area contributed by atoms with Crippen LogP contribution in [0.4, 0.5) is 0 Å². The fourth-order valence-corrected chi connectivity index (χ4v) is 4.54.